The minimum Gasteiger partial charge on any atom is -0.481 e. The molecule has 0 saturated heterocycles. The Morgan fingerprint density at radius 2 is 1.53 bits per heavy atom. The normalized spacial score (nSPS) is 31.4. The van der Waals surface area contributed by atoms with Crippen LogP contribution in [0.25, 0.3) is 0 Å². The lowest BCUT2D eigenvalue weighted by Gasteiger charge is -2.58. The molecule has 51 heavy (non-hydrogen) atoms. The molecule has 3 fully saturated rings. The molecule has 4 aliphatic rings. The lowest BCUT2D eigenvalue weighted by molar-refractivity contribution is -0.149. The van der Waals surface area contributed by atoms with Crippen molar-refractivity contribution in [1.82, 2.24) is 0 Å². The van der Waals surface area contributed by atoms with E-state index < -0.39 is 11.9 Å². The Bertz CT molecular complexity index is 1100. The predicted octanol–water partition coefficient (Wildman–Crippen LogP) is 7.49. The topological polar surface area (TPSA) is 127 Å². The minimum atomic E-state index is -1.17. The van der Waals surface area contributed by atoms with Gasteiger partial charge in [-0.2, -0.15) is 0 Å². The van der Waals surface area contributed by atoms with Gasteiger partial charge in [-0.3, -0.25) is 9.59 Å². The number of ether oxygens (including phenoxy) is 5. The van der Waals surface area contributed by atoms with E-state index in [-0.39, 0.29) is 36.9 Å². The maximum Gasteiger partial charge on any atom is 0.316 e. The molecule has 0 spiro atoms. The second-order valence-electron chi connectivity index (χ2n) is 17.2. The second-order valence-corrected chi connectivity index (χ2v) is 17.2. The molecule has 0 amide bonds. The summed E-state index contributed by atoms with van der Waals surface area (Å²) in [6, 6.07) is 0. The lowest BCUT2D eigenvalue weighted by atomic mass is 9.47. The Labute approximate surface area is 309 Å². The third-order valence-electron chi connectivity index (χ3n) is 13.5. The van der Waals surface area contributed by atoms with Gasteiger partial charge in [-0.15, -0.1) is 0 Å². The van der Waals surface area contributed by atoms with Crippen molar-refractivity contribution in [3.8, 4) is 0 Å². The Balaban J connectivity index is 1.14. The van der Waals surface area contributed by atoms with Crippen LogP contribution in [0.5, 0.6) is 0 Å². The van der Waals surface area contributed by atoms with E-state index in [0.29, 0.717) is 64.6 Å². The Morgan fingerprint density at radius 3 is 2.20 bits per heavy atom. The summed E-state index contributed by atoms with van der Waals surface area (Å²) in [5.41, 5.74) is 7.77. The van der Waals surface area contributed by atoms with Gasteiger partial charge in [0.2, 0.25) is 0 Å². The first kappa shape index (κ1) is 42.4. The number of carboxylic acid groups (broad SMARTS) is 1. The number of carbonyl (C=O) groups is 2. The summed E-state index contributed by atoms with van der Waals surface area (Å²) in [6.07, 6.45) is 17.7. The number of ketones is 1. The van der Waals surface area contributed by atoms with E-state index in [1.54, 1.807) is 5.57 Å². The summed E-state index contributed by atoms with van der Waals surface area (Å²) >= 11 is 0. The Morgan fingerprint density at radius 1 is 0.843 bits per heavy atom. The molecule has 9 nitrogen and oxygen atoms in total. The van der Waals surface area contributed by atoms with Crippen molar-refractivity contribution in [1.29, 1.82) is 0 Å². The maximum atomic E-state index is 12.8. The highest BCUT2D eigenvalue weighted by Crippen LogP contribution is 2.67. The highest BCUT2D eigenvalue weighted by atomic mass is 16.6. The first-order valence-electron chi connectivity index (χ1n) is 20.6. The van der Waals surface area contributed by atoms with E-state index in [2.05, 4.69) is 40.7 Å². The Hall–Kier alpha value is -1.36. The molecule has 0 aromatic heterocycles. The monoisotopic (exact) mass is 720 g/mol. The smallest absolute Gasteiger partial charge is 0.316 e. The number of rotatable bonds is 25. The number of aliphatic carboxylic acids is 1. The zero-order valence-corrected chi connectivity index (χ0v) is 32.8. The first-order chi connectivity index (χ1) is 24.5. The van der Waals surface area contributed by atoms with Gasteiger partial charge in [0.1, 0.15) is 11.7 Å². The van der Waals surface area contributed by atoms with Crippen molar-refractivity contribution in [2.75, 3.05) is 66.0 Å². The third-order valence-corrected chi connectivity index (χ3v) is 13.5. The summed E-state index contributed by atoms with van der Waals surface area (Å²) in [5.74, 6) is 2.39. The third kappa shape index (κ3) is 11.6. The molecule has 4 aliphatic carbocycles. The number of fused-ring (bicyclic) bond motifs is 5. The van der Waals surface area contributed by atoms with Gasteiger partial charge in [-0.05, 0) is 104 Å². The number of nitrogens with two attached hydrogens (primary N) is 1. The first-order valence-corrected chi connectivity index (χ1v) is 20.6. The number of hydrogen-bond acceptors (Lipinski definition) is 8. The van der Waals surface area contributed by atoms with Crippen molar-refractivity contribution in [3.05, 3.63) is 11.6 Å². The summed E-state index contributed by atoms with van der Waals surface area (Å²) in [6.45, 7) is 16.2. The molecule has 0 aromatic carbocycles. The highest BCUT2D eigenvalue weighted by molar-refractivity contribution is 5.98. The van der Waals surface area contributed by atoms with Crippen molar-refractivity contribution in [2.24, 2.45) is 58.0 Å². The van der Waals surface area contributed by atoms with Crippen LogP contribution in [0.3, 0.4) is 0 Å². The number of carboxylic acids is 1. The van der Waals surface area contributed by atoms with Gasteiger partial charge < -0.3 is 34.5 Å². The molecule has 0 radical (unpaired) electrons. The average molecular weight is 720 g/mol. The van der Waals surface area contributed by atoms with E-state index >= 15 is 0 Å². The standard InChI is InChI=1S/C42H73NO8/c1-30(2)8-6-9-31(3)36-13-14-37-34-12-11-32-28-33(15-17-41(32,4)38(34)16-18-42(36,37)5)51-20-7-10-39(44)35(40(45)46)29-50-27-26-49-25-24-48-23-22-47-21-19-43/h11,30-31,33-38H,6-10,12-29,43H2,1-5H3,(H,45,46)/t31-,33?,34+,35?,36-,37+,38+,41+,42-/m1/s1. The Kier molecular flexibility index (Phi) is 17.4. The van der Waals surface area contributed by atoms with Gasteiger partial charge in [0.15, 0.2) is 0 Å². The van der Waals surface area contributed by atoms with E-state index in [0.717, 1.165) is 48.3 Å². The largest absolute Gasteiger partial charge is 0.481 e. The molecular formula is C42H73NO8. The molecule has 294 valence electrons. The number of allylic oxidation sites excluding steroid dienone is 1. The van der Waals surface area contributed by atoms with Crippen LogP contribution >= 0.6 is 0 Å². The van der Waals surface area contributed by atoms with E-state index in [4.69, 9.17) is 29.4 Å². The van der Waals surface area contributed by atoms with Crippen LogP contribution in [0.1, 0.15) is 118 Å². The van der Waals surface area contributed by atoms with E-state index in [1.165, 1.54) is 57.8 Å². The van der Waals surface area contributed by atoms with Gasteiger partial charge in [-0.1, -0.05) is 65.5 Å². The fourth-order valence-electron chi connectivity index (χ4n) is 10.7. The predicted molar refractivity (Wildman–Crippen MR) is 200 cm³/mol. The molecule has 0 aliphatic heterocycles. The molecule has 0 aromatic rings. The van der Waals surface area contributed by atoms with Crippen LogP contribution in [-0.4, -0.2) is 89.0 Å². The molecule has 0 bridgehead atoms. The minimum absolute atomic E-state index is 0.150. The molecule has 4 rings (SSSR count). The van der Waals surface area contributed by atoms with Crippen LogP contribution in [0.15, 0.2) is 11.6 Å². The molecule has 9 heteroatoms. The summed E-state index contributed by atoms with van der Waals surface area (Å²) < 4.78 is 27.9. The van der Waals surface area contributed by atoms with Gasteiger partial charge in [-0.25, -0.2) is 0 Å². The summed E-state index contributed by atoms with van der Waals surface area (Å²) in [4.78, 5) is 24.6. The van der Waals surface area contributed by atoms with Gasteiger partial charge >= 0.3 is 5.97 Å². The zero-order chi connectivity index (χ0) is 36.9. The zero-order valence-electron chi connectivity index (χ0n) is 32.8. The molecule has 3 saturated carbocycles. The van der Waals surface area contributed by atoms with Gasteiger partial charge in [0.25, 0.3) is 0 Å². The van der Waals surface area contributed by atoms with Crippen molar-refractivity contribution >= 4 is 11.8 Å². The number of Topliss-reactive ketones (excluding diaryl/α,β-unsaturated/α-hetero) is 1. The summed E-state index contributed by atoms with van der Waals surface area (Å²) in [5, 5.41) is 9.64. The van der Waals surface area contributed by atoms with Crippen LogP contribution in [0.2, 0.25) is 0 Å². The highest BCUT2D eigenvalue weighted by Gasteiger charge is 2.59. The number of hydrogen-bond donors (Lipinski definition) is 2. The summed E-state index contributed by atoms with van der Waals surface area (Å²) in [7, 11) is 0. The van der Waals surface area contributed by atoms with Crippen LogP contribution in [0.4, 0.5) is 0 Å². The molecule has 0 heterocycles. The molecular weight excluding hydrogens is 646 g/mol. The number of carbonyl (C=O) groups excluding carboxylic acids is 1. The maximum absolute atomic E-state index is 12.8. The SMILES string of the molecule is CC(C)CCC[C@@H](C)[C@H]1CC[C@H]2[C@@H]3CC=C4CC(OCCCC(=O)C(COCCOCCOCCOCCN)C(=O)O)CC[C@]4(C)[C@H]3CC[C@]12C. The van der Waals surface area contributed by atoms with E-state index in [1.807, 2.05) is 0 Å². The van der Waals surface area contributed by atoms with Crippen molar-refractivity contribution < 1.29 is 38.4 Å². The molecule has 9 atom stereocenters. The fraction of sp³-hybridized carbons (Fsp3) is 0.905. The lowest BCUT2D eigenvalue weighted by Crippen LogP contribution is -2.51. The van der Waals surface area contributed by atoms with Crippen molar-refractivity contribution in [3.63, 3.8) is 0 Å². The van der Waals surface area contributed by atoms with Gasteiger partial charge in [0, 0.05) is 19.6 Å². The fourth-order valence-corrected chi connectivity index (χ4v) is 10.7. The van der Waals surface area contributed by atoms with Crippen LogP contribution < -0.4 is 5.73 Å². The molecule has 2 unspecified atom stereocenters. The molecule has 3 N–H and O–H groups in total. The quantitative estimate of drug-likeness (QED) is 0.0561. The average Bonchev–Trinajstić information content (AvgIpc) is 3.45. The van der Waals surface area contributed by atoms with Gasteiger partial charge in [0.05, 0.1) is 59.0 Å². The van der Waals surface area contributed by atoms with Crippen LogP contribution in [0, 0.1) is 52.3 Å². The van der Waals surface area contributed by atoms with Crippen LogP contribution in [-0.2, 0) is 33.3 Å². The van der Waals surface area contributed by atoms with Crippen molar-refractivity contribution in [2.45, 2.75) is 124 Å². The van der Waals surface area contributed by atoms with E-state index in [9.17, 15) is 14.7 Å². The second kappa shape index (κ2) is 20.9.